The predicted octanol–water partition coefficient (Wildman–Crippen LogP) is -5.16. The van der Waals surface area contributed by atoms with Crippen LogP contribution in [0.5, 0.6) is 5.75 Å². The minimum Gasteiger partial charge on any atom is -1.00 e. The Bertz CT molecular complexity index is 469. The van der Waals surface area contributed by atoms with Gasteiger partial charge in [-0.1, -0.05) is 44.7 Å². The van der Waals surface area contributed by atoms with Crippen LogP contribution in [0.1, 0.15) is 46.0 Å². The molecule has 0 amide bonds. The van der Waals surface area contributed by atoms with Crippen LogP contribution in [0.4, 0.5) is 5.69 Å². The van der Waals surface area contributed by atoms with E-state index in [9.17, 15) is 5.11 Å². The molecule has 2 rings (SSSR count). The minimum absolute atomic E-state index is 0. The van der Waals surface area contributed by atoms with Gasteiger partial charge < -0.3 is 39.6 Å². The number of piperazine rings is 1. The number of nitrogens with one attached hydrogen (secondary N) is 2. The molecule has 1 saturated heterocycles. The van der Waals surface area contributed by atoms with Gasteiger partial charge in [-0.25, -0.2) is 0 Å². The van der Waals surface area contributed by atoms with Crippen molar-refractivity contribution < 1.29 is 44.5 Å². The molecule has 0 bridgehead atoms. The van der Waals surface area contributed by atoms with Crippen LogP contribution in [0.15, 0.2) is 24.3 Å². The van der Waals surface area contributed by atoms with Crippen molar-refractivity contribution >= 4 is 5.69 Å². The second-order valence-corrected chi connectivity index (χ2v) is 6.99. The first-order valence-corrected chi connectivity index (χ1v) is 9.83. The zero-order valence-corrected chi connectivity index (χ0v) is 17.8. The Balaban J connectivity index is 0.00000312. The highest BCUT2D eigenvalue weighted by Gasteiger charge is 2.27. The third kappa shape index (κ3) is 8.45. The third-order valence-electron chi connectivity index (χ3n) is 5.04. The molecule has 0 spiro atoms. The van der Waals surface area contributed by atoms with Crippen LogP contribution in [0.2, 0.25) is 0 Å². The van der Waals surface area contributed by atoms with E-state index >= 15 is 0 Å². The summed E-state index contributed by atoms with van der Waals surface area (Å²) in [7, 11) is 0. The van der Waals surface area contributed by atoms with Crippen LogP contribution in [0.25, 0.3) is 0 Å². The molecule has 152 valence electrons. The molecule has 0 aromatic heterocycles. The lowest BCUT2D eigenvalue weighted by Gasteiger charge is -2.31. The molecule has 6 heteroatoms. The summed E-state index contributed by atoms with van der Waals surface area (Å²) in [4.78, 5) is 3.07. The molecule has 1 unspecified atom stereocenters. The number of unbranched alkanes of at least 4 members (excludes halogenated alkanes) is 3. The van der Waals surface area contributed by atoms with Crippen LogP contribution in [-0.4, -0.2) is 50.5 Å². The van der Waals surface area contributed by atoms with Gasteiger partial charge in [-0.15, -0.1) is 0 Å². The summed E-state index contributed by atoms with van der Waals surface area (Å²) in [5, 5.41) is 10.3. The van der Waals surface area contributed by atoms with Crippen LogP contribution >= 0.6 is 0 Å². The molecular formula is C20H36Cl2N2O2. The highest BCUT2D eigenvalue weighted by Crippen LogP contribution is 2.19. The summed E-state index contributed by atoms with van der Waals surface area (Å²) < 4.78 is 5.78. The van der Waals surface area contributed by atoms with Crippen molar-refractivity contribution in [1.29, 1.82) is 0 Å². The third-order valence-corrected chi connectivity index (χ3v) is 5.04. The monoisotopic (exact) mass is 406 g/mol. The lowest BCUT2D eigenvalue weighted by atomic mass is 10.1. The molecule has 0 saturated carbocycles. The van der Waals surface area contributed by atoms with E-state index in [2.05, 4.69) is 25.1 Å². The van der Waals surface area contributed by atoms with Gasteiger partial charge in [0.25, 0.3) is 0 Å². The summed E-state index contributed by atoms with van der Waals surface area (Å²) in [6.07, 6.45) is 5.81. The number of para-hydroxylation sites is 2. The van der Waals surface area contributed by atoms with Crippen molar-refractivity contribution in [1.82, 2.24) is 0 Å². The number of benzene rings is 1. The van der Waals surface area contributed by atoms with Crippen LogP contribution in [-0.2, 0) is 0 Å². The molecule has 1 aromatic rings. The molecule has 4 nitrogen and oxygen atoms in total. The second-order valence-electron chi connectivity index (χ2n) is 6.99. The Morgan fingerprint density at radius 1 is 1.00 bits per heavy atom. The fraction of sp³-hybridized carbons (Fsp3) is 0.700. The van der Waals surface area contributed by atoms with Crippen molar-refractivity contribution in [2.45, 2.75) is 52.1 Å². The lowest BCUT2D eigenvalue weighted by molar-refractivity contribution is -0.988. The summed E-state index contributed by atoms with van der Waals surface area (Å²) in [6, 6.07) is 8.41. The van der Waals surface area contributed by atoms with E-state index in [4.69, 9.17) is 4.74 Å². The molecule has 1 aliphatic rings. The quantitative estimate of drug-likeness (QED) is 0.340. The molecular weight excluding hydrogens is 371 g/mol. The summed E-state index contributed by atoms with van der Waals surface area (Å²) >= 11 is 0. The van der Waals surface area contributed by atoms with Gasteiger partial charge in [-0.05, 0) is 19.4 Å². The van der Waals surface area contributed by atoms with E-state index in [1.54, 1.807) is 4.90 Å². The fourth-order valence-corrected chi connectivity index (χ4v) is 3.66. The molecule has 26 heavy (non-hydrogen) atoms. The minimum atomic E-state index is -0.130. The zero-order valence-electron chi connectivity index (χ0n) is 16.3. The van der Waals surface area contributed by atoms with E-state index in [1.165, 1.54) is 36.3 Å². The molecule has 1 heterocycles. The molecule has 0 radical (unpaired) electrons. The smallest absolute Gasteiger partial charge is 0.179 e. The summed E-state index contributed by atoms with van der Waals surface area (Å²) in [5.74, 6) is 1.02. The number of aliphatic hydroxyl groups is 1. The lowest BCUT2D eigenvalue weighted by Crippen LogP contribution is -3.26. The maximum atomic E-state index is 10.3. The Labute approximate surface area is 171 Å². The molecule has 1 aliphatic heterocycles. The van der Waals surface area contributed by atoms with Gasteiger partial charge in [-0.2, -0.15) is 0 Å². The van der Waals surface area contributed by atoms with Gasteiger partial charge in [0, 0.05) is 6.07 Å². The molecule has 3 N–H and O–H groups in total. The van der Waals surface area contributed by atoms with Gasteiger partial charge in [-0.3, -0.25) is 4.90 Å². The predicted molar refractivity (Wildman–Crippen MR) is 98.3 cm³/mol. The molecule has 1 fully saturated rings. The normalized spacial score (nSPS) is 20.6. The van der Waals surface area contributed by atoms with Crippen molar-refractivity contribution in [3.05, 3.63) is 24.3 Å². The van der Waals surface area contributed by atoms with E-state index in [-0.39, 0.29) is 30.9 Å². The molecule has 1 atom stereocenters. The topological polar surface area (TPSA) is 38.3 Å². The van der Waals surface area contributed by atoms with Crippen LogP contribution < -0.4 is 39.4 Å². The average molecular weight is 407 g/mol. The van der Waals surface area contributed by atoms with Crippen molar-refractivity contribution in [2.24, 2.45) is 0 Å². The first-order valence-electron chi connectivity index (χ1n) is 9.83. The average Bonchev–Trinajstić information content (AvgIpc) is 2.60. The van der Waals surface area contributed by atoms with Crippen molar-refractivity contribution in [2.75, 3.05) is 39.3 Å². The number of aliphatic hydroxyl groups excluding tert-OH is 1. The zero-order chi connectivity index (χ0) is 17.2. The first-order chi connectivity index (χ1) is 11.7. The Hall–Kier alpha value is -0.520. The largest absolute Gasteiger partial charge is 1.00 e. The van der Waals surface area contributed by atoms with Gasteiger partial charge in [0.2, 0.25) is 0 Å². The first kappa shape index (κ1) is 25.5. The van der Waals surface area contributed by atoms with Crippen LogP contribution in [0.3, 0.4) is 0 Å². The number of hydrogen-bond acceptors (Lipinski definition) is 2. The van der Waals surface area contributed by atoms with E-state index in [0.29, 0.717) is 6.61 Å². The highest BCUT2D eigenvalue weighted by atomic mass is 35.5. The van der Waals surface area contributed by atoms with E-state index in [0.717, 1.165) is 44.9 Å². The summed E-state index contributed by atoms with van der Waals surface area (Å²) in [5.41, 5.74) is 1.29. The van der Waals surface area contributed by atoms with Crippen molar-refractivity contribution in [3.63, 3.8) is 0 Å². The number of halogens is 2. The number of quaternary nitrogens is 2. The molecule has 0 aliphatic carbocycles. The van der Waals surface area contributed by atoms with Gasteiger partial charge >= 0.3 is 0 Å². The molecule has 1 aromatic carbocycles. The maximum Gasteiger partial charge on any atom is 0.179 e. The van der Waals surface area contributed by atoms with Crippen LogP contribution in [0, 0.1) is 0 Å². The Morgan fingerprint density at radius 3 is 2.35 bits per heavy atom. The number of rotatable bonds is 10. The number of hydrogen-bond donors (Lipinski definition) is 3. The van der Waals surface area contributed by atoms with Gasteiger partial charge in [0.1, 0.15) is 38.8 Å². The van der Waals surface area contributed by atoms with E-state index in [1.807, 2.05) is 13.0 Å². The SMILES string of the molecule is CCCCCCC(O)C[NH+]1CC[NH+](c2ccccc2OCC)CC1.[Cl-].[Cl-]. The van der Waals surface area contributed by atoms with E-state index < -0.39 is 0 Å². The van der Waals surface area contributed by atoms with Gasteiger partial charge in [0.15, 0.2) is 11.4 Å². The van der Waals surface area contributed by atoms with Crippen molar-refractivity contribution in [3.8, 4) is 5.75 Å². The standard InChI is InChI=1S/C20H34N2O2.2ClH/c1-3-5-6-7-10-18(23)17-21-13-15-22(16-14-21)19-11-8-9-12-20(19)24-4-2;;/h8-9,11-12,18,23H,3-7,10,13-17H2,1-2H3;2*1H. The summed E-state index contributed by atoms with van der Waals surface area (Å²) in [6.45, 7) is 10.4. The van der Waals surface area contributed by atoms with Gasteiger partial charge in [0.05, 0.1) is 6.61 Å². The Morgan fingerprint density at radius 2 is 1.69 bits per heavy atom. The number of ether oxygens (including phenoxy) is 1. The Kier molecular flexibility index (Phi) is 14.2. The second kappa shape index (κ2) is 14.5. The maximum absolute atomic E-state index is 10.3. The fourth-order valence-electron chi connectivity index (χ4n) is 3.66. The highest BCUT2D eigenvalue weighted by molar-refractivity contribution is 5.45.